The van der Waals surface area contributed by atoms with Crippen LogP contribution in [0, 0.1) is 0 Å². The van der Waals surface area contributed by atoms with Crippen molar-refractivity contribution in [3.63, 3.8) is 0 Å². The van der Waals surface area contributed by atoms with E-state index in [0.717, 1.165) is 4.57 Å². The first-order valence-electron chi connectivity index (χ1n) is 34.3. The van der Waals surface area contributed by atoms with Crippen LogP contribution in [0.5, 0.6) is 0 Å². The zero-order valence-electron chi connectivity index (χ0n) is 63.3. The molecule has 0 aliphatic rings. The highest BCUT2D eigenvalue weighted by molar-refractivity contribution is 6.13. The van der Waals surface area contributed by atoms with Gasteiger partial charge in [0.2, 0.25) is 0 Å². The molecule has 0 amide bonds. The first kappa shape index (κ1) is 12.7. The van der Waals surface area contributed by atoms with Crippen LogP contribution in [-0.2, 0) is 0 Å². The summed E-state index contributed by atoms with van der Waals surface area (Å²) in [5, 5.41) is -3.93. The minimum absolute atomic E-state index is 0.527. The van der Waals surface area contributed by atoms with Crippen LogP contribution in [-0.4, -0.2) is 13.7 Å². The van der Waals surface area contributed by atoms with Crippen molar-refractivity contribution in [1.29, 1.82) is 0 Å². The van der Waals surface area contributed by atoms with E-state index in [9.17, 15) is 21.9 Å². The summed E-state index contributed by atoms with van der Waals surface area (Å²) in [5.41, 5.74) is -11.2. The third-order valence-corrected chi connectivity index (χ3v) is 9.29. The van der Waals surface area contributed by atoms with Crippen LogP contribution in [0.1, 0.15) is 48.0 Å². The van der Waals surface area contributed by atoms with Gasteiger partial charge < -0.3 is 13.7 Å². The Bertz CT molecular complexity index is 5480. The molecule has 0 aliphatic carbocycles. The predicted molar refractivity (Wildman–Crippen MR) is 240 cm³/mol. The first-order chi connectivity index (χ1) is 42.9. The Kier molecular flexibility index (Phi) is 2.78. The maximum atomic E-state index is 10.1. The highest BCUT2D eigenvalue weighted by atomic mass is 15.0. The molecule has 12 rings (SSSR count). The standard InChI is InChI=1S/C54H35N3/c1-2-15-36(16-3-1)37-29-31-53-46(34-37)44-22-7-12-27-51(44)55(53)39-18-14-17-38(33-39)41-19-4-9-24-48(41)57-52-28-13-8-23-45(52)47-35-40(30-32-54(47)57)56-49-25-10-5-20-42(49)43-21-6-11-26-50(43)56/h1-35H/i1D,2D,3D,4D,5D,6D,7D,8D,9D,10D,11D,12D,13D,14D,15D,16D,17D,18D,19D,20D,21D,22D,23D,24D,25D,26D,27D,28D,29D,30D,31D,32D,33D,34D,35D. The van der Waals surface area contributed by atoms with Gasteiger partial charge in [-0.2, -0.15) is 0 Å². The minimum Gasteiger partial charge on any atom is -0.309 e. The summed E-state index contributed by atoms with van der Waals surface area (Å²) in [6.45, 7) is 0. The summed E-state index contributed by atoms with van der Waals surface area (Å²) in [5.74, 6) is 0. The lowest BCUT2D eigenvalue weighted by Gasteiger charge is -2.16. The molecular formula is C54H35N3. The van der Waals surface area contributed by atoms with Crippen LogP contribution in [0.2, 0.25) is 0 Å². The summed E-state index contributed by atoms with van der Waals surface area (Å²) in [7, 11) is 0. The number of nitrogens with zero attached hydrogens (tertiary/aromatic N) is 3. The monoisotopic (exact) mass is 761 g/mol. The van der Waals surface area contributed by atoms with Gasteiger partial charge in [0.1, 0.15) is 0 Å². The molecule has 0 saturated heterocycles. The van der Waals surface area contributed by atoms with E-state index in [2.05, 4.69) is 0 Å². The molecule has 3 nitrogen and oxygen atoms in total. The molecule has 3 aromatic heterocycles. The third kappa shape index (κ3) is 4.79. The number of aromatic nitrogens is 3. The van der Waals surface area contributed by atoms with Gasteiger partial charge in [-0.3, -0.25) is 0 Å². The summed E-state index contributed by atoms with van der Waals surface area (Å²) < 4.78 is 322. The lowest BCUT2D eigenvalue weighted by molar-refractivity contribution is 1.16. The fraction of sp³-hybridized carbons (Fsp3) is 0. The van der Waals surface area contributed by atoms with Gasteiger partial charge in [-0.25, -0.2) is 0 Å². The fourth-order valence-corrected chi connectivity index (χ4v) is 6.95. The van der Waals surface area contributed by atoms with Crippen LogP contribution in [0.25, 0.3) is 105 Å². The maximum Gasteiger partial charge on any atom is 0.0652 e. The summed E-state index contributed by atoms with van der Waals surface area (Å²) in [6.07, 6.45) is 0. The Labute approximate surface area is 378 Å². The lowest BCUT2D eigenvalue weighted by Crippen LogP contribution is -1.99. The Balaban J connectivity index is 1.29. The van der Waals surface area contributed by atoms with Crippen molar-refractivity contribution in [3.8, 4) is 39.3 Å². The summed E-state index contributed by atoms with van der Waals surface area (Å²) in [6, 6.07) is -35.8. The quantitative estimate of drug-likeness (QED) is 0.166. The van der Waals surface area contributed by atoms with Crippen molar-refractivity contribution < 1.29 is 48.0 Å². The van der Waals surface area contributed by atoms with Crippen LogP contribution < -0.4 is 0 Å². The van der Waals surface area contributed by atoms with Gasteiger partial charge in [-0.05, 0) is 89.2 Å². The predicted octanol–water partition coefficient (Wildman–Crippen LogP) is 14.3. The van der Waals surface area contributed by atoms with Gasteiger partial charge in [0.25, 0.3) is 0 Å². The SMILES string of the molecule is [2H]c1c([2H])c([2H])c(-c2c([2H])c([2H])c3c(c2[2H])c2c([2H])c([2H])c([2H])c([2H])c2n3-c2c([2H])c([2H])c([2H])c(-c3c([2H])c([2H])c([2H])c([2H])c3-n3c4c([2H])c([2H])c([2H])c([2H])c4c4c([2H])c(-n5c6c([2H])c([2H])c([2H])c([2H])c6c6c([2H])c([2H])c([2H])c([2H])c65)c([2H])c([2H])c43)c2[2H])c([2H])c1[2H]. The van der Waals surface area contributed by atoms with Gasteiger partial charge in [-0.1, -0.05) is 139 Å². The molecule has 0 unspecified atom stereocenters. The second-order valence-corrected chi connectivity index (χ2v) is 12.3. The van der Waals surface area contributed by atoms with Crippen LogP contribution in [0.15, 0.2) is 211 Å². The lowest BCUT2D eigenvalue weighted by atomic mass is 10.0. The number of hydrogen-bond acceptors (Lipinski definition) is 0. The van der Waals surface area contributed by atoms with E-state index in [-0.39, 0.29) is 0 Å². The van der Waals surface area contributed by atoms with Crippen LogP contribution in [0.3, 0.4) is 0 Å². The summed E-state index contributed by atoms with van der Waals surface area (Å²) in [4.78, 5) is 0. The molecule has 3 heteroatoms. The van der Waals surface area contributed by atoms with Crippen molar-refractivity contribution in [2.45, 2.75) is 0 Å². The third-order valence-electron chi connectivity index (χ3n) is 9.29. The van der Waals surface area contributed by atoms with E-state index in [1.165, 1.54) is 0 Å². The normalized spacial score (nSPS) is 20.5. The Hall–Kier alpha value is -7.62. The molecule has 0 fully saturated rings. The van der Waals surface area contributed by atoms with E-state index in [1.54, 1.807) is 0 Å². The number of hydrogen-bond donors (Lipinski definition) is 0. The summed E-state index contributed by atoms with van der Waals surface area (Å²) >= 11 is 0. The van der Waals surface area contributed by atoms with E-state index in [4.69, 9.17) is 26.0 Å². The molecule has 3 heterocycles. The smallest absolute Gasteiger partial charge is 0.0652 e. The second kappa shape index (κ2) is 12.5. The molecule has 0 radical (unpaired) electrons. The van der Waals surface area contributed by atoms with E-state index in [1.807, 2.05) is 0 Å². The van der Waals surface area contributed by atoms with Gasteiger partial charge in [0.15, 0.2) is 0 Å². The molecule has 0 bridgehead atoms. The molecule has 0 saturated carbocycles. The number of benzene rings is 9. The molecule has 0 spiro atoms. The Morgan fingerprint density at radius 3 is 1.39 bits per heavy atom. The van der Waals surface area contributed by atoms with Gasteiger partial charge in [-0.15, -0.1) is 0 Å². The second-order valence-electron chi connectivity index (χ2n) is 12.3. The minimum atomic E-state index is -1.25. The van der Waals surface area contributed by atoms with Crippen molar-refractivity contribution in [2.24, 2.45) is 0 Å². The van der Waals surface area contributed by atoms with Crippen molar-refractivity contribution in [2.75, 3.05) is 0 Å². The van der Waals surface area contributed by atoms with E-state index in [0.29, 0.717) is 9.13 Å². The molecule has 9 aromatic carbocycles. The molecule has 0 aliphatic heterocycles. The average Bonchev–Trinajstić information content (AvgIpc) is 1.51. The van der Waals surface area contributed by atoms with Gasteiger partial charge in [0, 0.05) is 49.3 Å². The van der Waals surface area contributed by atoms with Gasteiger partial charge in [0.05, 0.1) is 86.8 Å². The van der Waals surface area contributed by atoms with Crippen molar-refractivity contribution >= 4 is 65.4 Å². The molecular weight excluding hydrogens is 691 g/mol. The molecule has 0 atom stereocenters. The zero-order chi connectivity index (χ0) is 67.9. The van der Waals surface area contributed by atoms with Crippen molar-refractivity contribution in [1.82, 2.24) is 13.7 Å². The molecule has 12 aromatic rings. The van der Waals surface area contributed by atoms with Crippen molar-refractivity contribution in [3.05, 3.63) is 211 Å². The maximum absolute atomic E-state index is 10.1. The van der Waals surface area contributed by atoms with Crippen LogP contribution >= 0.6 is 0 Å². The topological polar surface area (TPSA) is 14.8 Å². The molecule has 0 N–H and O–H groups in total. The van der Waals surface area contributed by atoms with E-state index >= 15 is 0 Å². The number of rotatable bonds is 5. The van der Waals surface area contributed by atoms with Gasteiger partial charge >= 0.3 is 0 Å². The number of para-hydroxylation sites is 5. The average molecular weight is 761 g/mol. The molecule has 57 heavy (non-hydrogen) atoms. The van der Waals surface area contributed by atoms with E-state index < -0.39 is 316 Å². The largest absolute Gasteiger partial charge is 0.309 e. The zero-order valence-corrected chi connectivity index (χ0v) is 28.3. The first-order valence-corrected chi connectivity index (χ1v) is 16.8. The molecule has 266 valence electrons. The Morgan fingerprint density at radius 1 is 0.263 bits per heavy atom. The Morgan fingerprint density at radius 2 is 0.719 bits per heavy atom. The highest BCUT2D eigenvalue weighted by Crippen LogP contribution is 2.40. The highest BCUT2D eigenvalue weighted by Gasteiger charge is 2.19. The van der Waals surface area contributed by atoms with Crippen LogP contribution in [0.4, 0.5) is 0 Å². The fourth-order valence-electron chi connectivity index (χ4n) is 6.95. The number of fused-ring (bicyclic) bond motifs is 9.